The van der Waals surface area contributed by atoms with Crippen molar-refractivity contribution in [3.63, 3.8) is 0 Å². The van der Waals surface area contributed by atoms with Crippen molar-refractivity contribution in [3.05, 3.63) is 46.6 Å². The van der Waals surface area contributed by atoms with E-state index in [0.717, 1.165) is 18.7 Å². The molecule has 6 heteroatoms. The van der Waals surface area contributed by atoms with E-state index in [1.807, 2.05) is 20.8 Å². The minimum Gasteiger partial charge on any atom is -0.352 e. The van der Waals surface area contributed by atoms with Gasteiger partial charge >= 0.3 is 0 Å². The topological polar surface area (TPSA) is 80.0 Å². The summed E-state index contributed by atoms with van der Waals surface area (Å²) in [6, 6.07) is 6.39. The van der Waals surface area contributed by atoms with Gasteiger partial charge in [-0.3, -0.25) is 4.79 Å². The molecule has 0 saturated carbocycles. The summed E-state index contributed by atoms with van der Waals surface area (Å²) < 4.78 is 5.25. The lowest BCUT2D eigenvalue weighted by Gasteiger charge is -2.10. The molecule has 1 aliphatic rings. The first kappa shape index (κ1) is 17.6. The smallest absolute Gasteiger partial charge is 0.226 e. The van der Waals surface area contributed by atoms with Gasteiger partial charge in [-0.1, -0.05) is 44.1 Å². The van der Waals surface area contributed by atoms with Crippen LogP contribution in [-0.2, 0) is 36.3 Å². The number of rotatable bonds is 6. The molecule has 6 nitrogen and oxygen atoms in total. The molecule has 0 bridgehead atoms. The van der Waals surface area contributed by atoms with Crippen molar-refractivity contribution in [3.8, 4) is 0 Å². The van der Waals surface area contributed by atoms with Crippen LogP contribution in [0.2, 0.25) is 0 Å². The van der Waals surface area contributed by atoms with Crippen LogP contribution in [0.4, 0.5) is 0 Å². The molecule has 0 aliphatic carbocycles. The van der Waals surface area contributed by atoms with Crippen LogP contribution >= 0.6 is 0 Å². The van der Waals surface area contributed by atoms with Crippen LogP contribution < -0.4 is 10.6 Å². The van der Waals surface area contributed by atoms with E-state index in [1.54, 1.807) is 0 Å². The first-order chi connectivity index (χ1) is 11.9. The van der Waals surface area contributed by atoms with Crippen molar-refractivity contribution in [1.82, 2.24) is 20.8 Å². The van der Waals surface area contributed by atoms with Crippen molar-refractivity contribution in [2.24, 2.45) is 0 Å². The number of hydrogen-bond acceptors (Lipinski definition) is 5. The van der Waals surface area contributed by atoms with Gasteiger partial charge in [0.1, 0.15) is 0 Å². The van der Waals surface area contributed by atoms with Crippen molar-refractivity contribution in [2.45, 2.75) is 65.1 Å². The lowest BCUT2D eigenvalue weighted by molar-refractivity contribution is -0.121. The number of nitrogens with zero attached hydrogens (tertiary/aromatic N) is 2. The minimum atomic E-state index is -0.121. The zero-order chi connectivity index (χ0) is 17.9. The van der Waals surface area contributed by atoms with Crippen molar-refractivity contribution in [1.29, 1.82) is 0 Å². The Balaban J connectivity index is 1.40. The maximum absolute atomic E-state index is 12.0. The van der Waals surface area contributed by atoms with Gasteiger partial charge in [0.2, 0.25) is 11.8 Å². The minimum absolute atomic E-state index is 0.0502. The number of carbonyl (C=O) groups excluding carboxylic acids is 1. The van der Waals surface area contributed by atoms with Gasteiger partial charge in [0, 0.05) is 37.9 Å². The Morgan fingerprint density at radius 3 is 2.84 bits per heavy atom. The van der Waals surface area contributed by atoms with Gasteiger partial charge in [0.25, 0.3) is 0 Å². The molecular formula is C19H26N4O2. The fraction of sp³-hybridized carbons (Fsp3) is 0.526. The molecule has 2 aromatic rings. The molecule has 0 saturated heterocycles. The predicted molar refractivity (Wildman–Crippen MR) is 94.8 cm³/mol. The van der Waals surface area contributed by atoms with Gasteiger partial charge in [-0.15, -0.1) is 0 Å². The molecule has 0 spiro atoms. The number of aryl methyl sites for hydroxylation is 1. The molecule has 25 heavy (non-hydrogen) atoms. The average molecular weight is 342 g/mol. The predicted octanol–water partition coefficient (Wildman–Crippen LogP) is 2.61. The Morgan fingerprint density at radius 2 is 2.08 bits per heavy atom. The maximum atomic E-state index is 12.0. The molecule has 2 heterocycles. The first-order valence-corrected chi connectivity index (χ1v) is 8.83. The van der Waals surface area contributed by atoms with Crippen molar-refractivity contribution < 1.29 is 9.32 Å². The third kappa shape index (κ3) is 4.66. The number of amides is 1. The second-order valence-electron chi connectivity index (χ2n) is 7.60. The normalized spacial score (nSPS) is 13.7. The zero-order valence-electron chi connectivity index (χ0n) is 15.2. The van der Waals surface area contributed by atoms with E-state index in [9.17, 15) is 4.79 Å². The van der Waals surface area contributed by atoms with Gasteiger partial charge in [-0.25, -0.2) is 0 Å². The van der Waals surface area contributed by atoms with Gasteiger partial charge in [0.05, 0.1) is 0 Å². The van der Waals surface area contributed by atoms with Gasteiger partial charge < -0.3 is 15.2 Å². The molecule has 1 amide bonds. The van der Waals surface area contributed by atoms with Crippen LogP contribution in [0.1, 0.15) is 62.0 Å². The Morgan fingerprint density at radius 1 is 1.28 bits per heavy atom. The van der Waals surface area contributed by atoms with E-state index in [-0.39, 0.29) is 11.3 Å². The highest BCUT2D eigenvalue weighted by Gasteiger charge is 2.20. The lowest BCUT2D eigenvalue weighted by Crippen LogP contribution is -2.22. The Bertz CT molecular complexity index is 746. The molecule has 1 aromatic heterocycles. The van der Waals surface area contributed by atoms with E-state index < -0.39 is 0 Å². The molecule has 1 aromatic carbocycles. The lowest BCUT2D eigenvalue weighted by atomic mass is 9.96. The summed E-state index contributed by atoms with van der Waals surface area (Å²) in [5.74, 6) is 1.36. The van der Waals surface area contributed by atoms with Crippen LogP contribution in [0.15, 0.2) is 22.7 Å². The van der Waals surface area contributed by atoms with Gasteiger partial charge in [-0.2, -0.15) is 4.98 Å². The fourth-order valence-corrected chi connectivity index (χ4v) is 2.81. The van der Waals surface area contributed by atoms with E-state index in [0.29, 0.717) is 37.5 Å². The summed E-state index contributed by atoms with van der Waals surface area (Å²) in [5.41, 5.74) is 3.70. The summed E-state index contributed by atoms with van der Waals surface area (Å²) in [7, 11) is 0. The summed E-state index contributed by atoms with van der Waals surface area (Å²) in [6.07, 6.45) is 1.78. The molecular weight excluding hydrogens is 316 g/mol. The van der Waals surface area contributed by atoms with E-state index in [4.69, 9.17) is 4.52 Å². The van der Waals surface area contributed by atoms with Crippen LogP contribution in [0, 0.1) is 0 Å². The van der Waals surface area contributed by atoms with Gasteiger partial charge in [-0.05, 0) is 23.1 Å². The second-order valence-corrected chi connectivity index (χ2v) is 7.60. The Labute approximate surface area is 148 Å². The number of fused-ring (bicyclic) bond motifs is 1. The molecule has 3 rings (SSSR count). The highest BCUT2D eigenvalue weighted by atomic mass is 16.5. The highest BCUT2D eigenvalue weighted by molar-refractivity contribution is 5.75. The molecule has 0 fully saturated rings. The molecule has 1 aliphatic heterocycles. The molecule has 134 valence electrons. The quantitative estimate of drug-likeness (QED) is 0.843. The van der Waals surface area contributed by atoms with Crippen molar-refractivity contribution in [2.75, 3.05) is 0 Å². The number of aromatic nitrogens is 2. The summed E-state index contributed by atoms with van der Waals surface area (Å²) in [6.45, 7) is 8.56. The molecule has 0 unspecified atom stereocenters. The first-order valence-electron chi connectivity index (χ1n) is 8.83. The monoisotopic (exact) mass is 342 g/mol. The standard InChI is InChI=1S/C19H26N4O2/c1-19(2,3)18-22-17(25-23-18)6-4-5-16(24)21-10-13-7-8-14-11-20-12-15(14)9-13/h7-9,20H,4-6,10-12H2,1-3H3,(H,21,24). The third-order valence-corrected chi connectivity index (χ3v) is 4.32. The zero-order valence-corrected chi connectivity index (χ0v) is 15.2. The summed E-state index contributed by atoms with van der Waals surface area (Å²) in [4.78, 5) is 16.4. The fourth-order valence-electron chi connectivity index (χ4n) is 2.81. The molecule has 0 atom stereocenters. The average Bonchev–Trinajstić information content (AvgIpc) is 3.21. The Kier molecular flexibility index (Phi) is 5.18. The number of benzene rings is 1. The number of hydrogen-bond donors (Lipinski definition) is 2. The van der Waals surface area contributed by atoms with Crippen LogP contribution in [0.3, 0.4) is 0 Å². The Hall–Kier alpha value is -2.21. The molecule has 2 N–H and O–H groups in total. The van der Waals surface area contributed by atoms with E-state index >= 15 is 0 Å². The van der Waals surface area contributed by atoms with Crippen LogP contribution in [0.5, 0.6) is 0 Å². The maximum Gasteiger partial charge on any atom is 0.226 e. The highest BCUT2D eigenvalue weighted by Crippen LogP contribution is 2.19. The summed E-state index contributed by atoms with van der Waals surface area (Å²) >= 11 is 0. The van der Waals surface area contributed by atoms with Crippen molar-refractivity contribution >= 4 is 5.91 Å². The molecule has 0 radical (unpaired) electrons. The number of carbonyl (C=O) groups is 1. The van der Waals surface area contributed by atoms with Crippen LogP contribution in [0.25, 0.3) is 0 Å². The SMILES string of the molecule is CC(C)(C)c1noc(CCCC(=O)NCc2ccc3c(c2)CNC3)n1. The number of nitrogens with one attached hydrogen (secondary N) is 2. The van der Waals surface area contributed by atoms with E-state index in [1.165, 1.54) is 11.1 Å². The second kappa shape index (κ2) is 7.35. The van der Waals surface area contributed by atoms with E-state index in [2.05, 4.69) is 39.0 Å². The summed E-state index contributed by atoms with van der Waals surface area (Å²) in [5, 5.41) is 10.3. The van der Waals surface area contributed by atoms with Gasteiger partial charge in [0.15, 0.2) is 5.82 Å². The largest absolute Gasteiger partial charge is 0.352 e. The van der Waals surface area contributed by atoms with Crippen LogP contribution in [-0.4, -0.2) is 16.0 Å². The third-order valence-electron chi connectivity index (χ3n) is 4.32.